The molecule has 0 fully saturated rings. The van der Waals surface area contributed by atoms with Gasteiger partial charge in [0.15, 0.2) is 0 Å². The highest BCUT2D eigenvalue weighted by Crippen LogP contribution is 1.83. The third-order valence-electron chi connectivity index (χ3n) is 0.513. The van der Waals surface area contributed by atoms with E-state index in [2.05, 4.69) is 15.0 Å². The average molecular weight is 147 g/mol. The third-order valence-corrected chi connectivity index (χ3v) is 0.513. The van der Waals surface area contributed by atoms with Gasteiger partial charge in [-0.25, -0.2) is 0 Å². The van der Waals surface area contributed by atoms with Crippen LogP contribution in [0.4, 0.5) is 8.78 Å². The Morgan fingerprint density at radius 1 is 1.10 bits per heavy atom. The van der Waals surface area contributed by atoms with E-state index in [0.29, 0.717) is 0 Å². The van der Waals surface area contributed by atoms with Crippen LogP contribution in [0.25, 0.3) is 0 Å². The minimum Gasteiger partial charge on any atom is -0.190 e. The molecular formula is C5H7F2N3. The van der Waals surface area contributed by atoms with Gasteiger partial charge in [-0.1, -0.05) is 13.8 Å². The SMILES string of the molecule is CC.Fc1ncnc(F)n1. The standard InChI is InChI=1S/C3HF2N3.C2H6/c4-2-6-1-7-3(5)8-2;1-2/h1H;1-2H3. The molecule has 10 heavy (non-hydrogen) atoms. The van der Waals surface area contributed by atoms with Gasteiger partial charge in [0.2, 0.25) is 0 Å². The van der Waals surface area contributed by atoms with Gasteiger partial charge in [0, 0.05) is 0 Å². The molecule has 0 aliphatic heterocycles. The van der Waals surface area contributed by atoms with E-state index in [-0.39, 0.29) is 0 Å². The summed E-state index contributed by atoms with van der Waals surface area (Å²) in [5.41, 5.74) is 0. The highest BCUT2D eigenvalue weighted by molar-refractivity contribution is 4.60. The van der Waals surface area contributed by atoms with Gasteiger partial charge in [0.1, 0.15) is 6.33 Å². The molecule has 0 amide bonds. The maximum Gasteiger partial charge on any atom is 0.314 e. The normalized spacial score (nSPS) is 8.00. The molecule has 5 heteroatoms. The second-order valence-electron chi connectivity index (χ2n) is 1.02. The van der Waals surface area contributed by atoms with Crippen LogP contribution in [0.5, 0.6) is 0 Å². The van der Waals surface area contributed by atoms with Crippen LogP contribution >= 0.6 is 0 Å². The second kappa shape index (κ2) is 4.72. The van der Waals surface area contributed by atoms with Crippen LogP contribution < -0.4 is 0 Å². The van der Waals surface area contributed by atoms with Crippen LogP contribution in [-0.2, 0) is 0 Å². The van der Waals surface area contributed by atoms with E-state index in [9.17, 15) is 8.78 Å². The Labute approximate surface area is 57.2 Å². The molecule has 0 unspecified atom stereocenters. The fourth-order valence-corrected chi connectivity index (χ4v) is 0.258. The second-order valence-corrected chi connectivity index (χ2v) is 1.02. The summed E-state index contributed by atoms with van der Waals surface area (Å²) in [5.74, 6) is 0. The lowest BCUT2D eigenvalue weighted by molar-refractivity contribution is 0.454. The molecule has 0 aliphatic rings. The van der Waals surface area contributed by atoms with Crippen LogP contribution in [0.3, 0.4) is 0 Å². The number of nitrogens with zero attached hydrogens (tertiary/aromatic N) is 3. The summed E-state index contributed by atoms with van der Waals surface area (Å²) in [4.78, 5) is 8.44. The molecule has 56 valence electrons. The molecule has 0 radical (unpaired) electrons. The van der Waals surface area contributed by atoms with Crippen molar-refractivity contribution in [2.75, 3.05) is 0 Å². The lowest BCUT2D eigenvalue weighted by Gasteiger charge is -1.81. The molecule has 1 rings (SSSR count). The highest BCUT2D eigenvalue weighted by atomic mass is 19.1. The summed E-state index contributed by atoms with van der Waals surface area (Å²) >= 11 is 0. The third kappa shape index (κ3) is 3.01. The Bertz CT molecular complexity index is 175. The van der Waals surface area contributed by atoms with Crippen LogP contribution in [0.1, 0.15) is 13.8 Å². The van der Waals surface area contributed by atoms with E-state index in [1.807, 2.05) is 13.8 Å². The van der Waals surface area contributed by atoms with Gasteiger partial charge in [-0.15, -0.1) is 0 Å². The van der Waals surface area contributed by atoms with Crippen molar-refractivity contribution in [2.45, 2.75) is 13.8 Å². The molecule has 0 atom stereocenters. The van der Waals surface area contributed by atoms with Crippen molar-refractivity contribution in [1.29, 1.82) is 0 Å². The smallest absolute Gasteiger partial charge is 0.190 e. The molecule has 1 heterocycles. The molecule has 0 N–H and O–H groups in total. The fourth-order valence-electron chi connectivity index (χ4n) is 0.258. The Morgan fingerprint density at radius 2 is 1.50 bits per heavy atom. The zero-order valence-electron chi connectivity index (χ0n) is 5.67. The van der Waals surface area contributed by atoms with Crippen molar-refractivity contribution in [2.24, 2.45) is 0 Å². The van der Waals surface area contributed by atoms with Gasteiger partial charge in [-0.3, -0.25) is 0 Å². The molecule has 0 aromatic carbocycles. The van der Waals surface area contributed by atoms with Crippen molar-refractivity contribution >= 4 is 0 Å². The topological polar surface area (TPSA) is 38.7 Å². The highest BCUT2D eigenvalue weighted by Gasteiger charge is 1.93. The number of rotatable bonds is 0. The molecule has 1 aromatic rings. The van der Waals surface area contributed by atoms with E-state index in [1.54, 1.807) is 0 Å². The predicted octanol–water partition coefficient (Wildman–Crippen LogP) is 1.18. The molecule has 0 saturated carbocycles. The van der Waals surface area contributed by atoms with Crippen LogP contribution in [0, 0.1) is 12.2 Å². The zero-order valence-corrected chi connectivity index (χ0v) is 5.67. The molecule has 3 nitrogen and oxygen atoms in total. The molecule has 0 aliphatic carbocycles. The number of aromatic nitrogens is 3. The van der Waals surface area contributed by atoms with Gasteiger partial charge in [-0.05, 0) is 0 Å². The van der Waals surface area contributed by atoms with Crippen molar-refractivity contribution in [1.82, 2.24) is 15.0 Å². The maximum absolute atomic E-state index is 11.7. The molecule has 0 spiro atoms. The minimum atomic E-state index is -1.10. The van der Waals surface area contributed by atoms with E-state index in [1.165, 1.54) is 0 Å². The Hall–Kier alpha value is -1.13. The Kier molecular flexibility index (Phi) is 4.19. The van der Waals surface area contributed by atoms with Crippen molar-refractivity contribution in [3.8, 4) is 0 Å². The zero-order chi connectivity index (χ0) is 7.98. The van der Waals surface area contributed by atoms with Crippen molar-refractivity contribution in [3.05, 3.63) is 18.5 Å². The fraction of sp³-hybridized carbons (Fsp3) is 0.400. The quantitative estimate of drug-likeness (QED) is 0.553. The van der Waals surface area contributed by atoms with Gasteiger partial charge < -0.3 is 0 Å². The molecule has 0 saturated heterocycles. The largest absolute Gasteiger partial charge is 0.314 e. The summed E-state index contributed by atoms with van der Waals surface area (Å²) in [6.07, 6.45) is -1.44. The van der Waals surface area contributed by atoms with Crippen LogP contribution in [-0.4, -0.2) is 15.0 Å². The van der Waals surface area contributed by atoms with Gasteiger partial charge >= 0.3 is 12.2 Å². The summed E-state index contributed by atoms with van der Waals surface area (Å²) in [6, 6.07) is 0. The molecule has 0 bridgehead atoms. The first-order chi connectivity index (χ1) is 4.79. The predicted molar refractivity (Wildman–Crippen MR) is 31.1 cm³/mol. The number of hydrogen-bond acceptors (Lipinski definition) is 3. The minimum absolute atomic E-state index is 0.762. The van der Waals surface area contributed by atoms with E-state index >= 15 is 0 Å². The first-order valence-electron chi connectivity index (χ1n) is 2.79. The first-order valence-corrected chi connectivity index (χ1v) is 2.79. The van der Waals surface area contributed by atoms with E-state index < -0.39 is 12.2 Å². The Balaban J connectivity index is 0.000000371. The monoisotopic (exact) mass is 147 g/mol. The number of halogens is 2. The van der Waals surface area contributed by atoms with Crippen LogP contribution in [0.15, 0.2) is 6.33 Å². The summed E-state index contributed by atoms with van der Waals surface area (Å²) in [6.45, 7) is 4.00. The number of hydrogen-bond donors (Lipinski definition) is 0. The van der Waals surface area contributed by atoms with Crippen molar-refractivity contribution < 1.29 is 8.78 Å². The summed E-state index contributed by atoms with van der Waals surface area (Å²) in [7, 11) is 0. The van der Waals surface area contributed by atoms with E-state index in [4.69, 9.17) is 0 Å². The molecular weight excluding hydrogens is 140 g/mol. The van der Waals surface area contributed by atoms with Crippen molar-refractivity contribution in [3.63, 3.8) is 0 Å². The van der Waals surface area contributed by atoms with Gasteiger partial charge in [-0.2, -0.15) is 23.7 Å². The lowest BCUT2D eigenvalue weighted by atomic mass is 11.0. The first kappa shape index (κ1) is 8.87. The van der Waals surface area contributed by atoms with Gasteiger partial charge in [0.25, 0.3) is 0 Å². The summed E-state index contributed by atoms with van der Waals surface area (Å²) < 4.78 is 23.3. The maximum atomic E-state index is 11.7. The van der Waals surface area contributed by atoms with E-state index in [0.717, 1.165) is 6.33 Å². The molecule has 1 aromatic heterocycles. The lowest BCUT2D eigenvalue weighted by Crippen LogP contribution is -1.93. The average Bonchev–Trinajstić information content (AvgIpc) is 1.91. The summed E-state index contributed by atoms with van der Waals surface area (Å²) in [5, 5.41) is 0. The van der Waals surface area contributed by atoms with Gasteiger partial charge in [0.05, 0.1) is 0 Å². The Morgan fingerprint density at radius 3 is 1.70 bits per heavy atom. The van der Waals surface area contributed by atoms with Crippen LogP contribution in [0.2, 0.25) is 0 Å².